The molecule has 1 aliphatic rings. The first-order valence-electron chi connectivity index (χ1n) is 7.74. The Kier molecular flexibility index (Phi) is 5.06. The Morgan fingerprint density at radius 2 is 1.44 bits per heavy atom. The van der Waals surface area contributed by atoms with Gasteiger partial charge in [-0.15, -0.1) is 10.2 Å². The van der Waals surface area contributed by atoms with Gasteiger partial charge in [0.15, 0.2) is 11.7 Å². The van der Waals surface area contributed by atoms with Gasteiger partial charge in [0.2, 0.25) is 5.91 Å². The maximum absolute atomic E-state index is 12.7. The van der Waals surface area contributed by atoms with Crippen LogP contribution in [0, 0.1) is 5.92 Å². The van der Waals surface area contributed by atoms with Crippen LogP contribution in [0.15, 0.2) is 58.7 Å². The van der Waals surface area contributed by atoms with E-state index in [4.69, 9.17) is 23.2 Å². The largest absolute Gasteiger partial charge is 0.272 e. The standard InChI is InChI=1S/C18H16Cl2N4O/c1-11(2)18(25)24-17(13-5-9-15(20)10-6-13)22-21-16(23-24)12-3-7-14(19)8-4-12/h3-11H,1-2H3,(H,21,23). The Labute approximate surface area is 155 Å². The summed E-state index contributed by atoms with van der Waals surface area (Å²) in [6.45, 7) is 3.66. The minimum Gasteiger partial charge on any atom is -0.272 e. The normalized spacial score (nSPS) is 14.0. The van der Waals surface area contributed by atoms with E-state index < -0.39 is 0 Å². The van der Waals surface area contributed by atoms with Crippen molar-refractivity contribution in [3.63, 3.8) is 0 Å². The molecule has 7 heteroatoms. The van der Waals surface area contributed by atoms with Gasteiger partial charge in [-0.1, -0.05) is 37.0 Å². The number of hydrazine groups is 1. The maximum atomic E-state index is 12.7. The molecule has 1 aliphatic heterocycles. The number of amidine groups is 2. The third-order valence-corrected chi connectivity index (χ3v) is 4.11. The van der Waals surface area contributed by atoms with Crippen LogP contribution < -0.4 is 5.43 Å². The van der Waals surface area contributed by atoms with Gasteiger partial charge in [-0.05, 0) is 48.5 Å². The van der Waals surface area contributed by atoms with Crippen molar-refractivity contribution in [3.8, 4) is 0 Å². The molecular formula is C18H16Cl2N4O. The summed E-state index contributed by atoms with van der Waals surface area (Å²) >= 11 is 11.9. The van der Waals surface area contributed by atoms with Crippen molar-refractivity contribution in [2.45, 2.75) is 13.8 Å². The van der Waals surface area contributed by atoms with Crippen LogP contribution in [0.4, 0.5) is 0 Å². The van der Waals surface area contributed by atoms with E-state index in [1.165, 1.54) is 5.01 Å². The maximum Gasteiger partial charge on any atom is 0.249 e. The van der Waals surface area contributed by atoms with Crippen molar-refractivity contribution in [3.05, 3.63) is 69.7 Å². The molecule has 0 fully saturated rings. The molecule has 0 bridgehead atoms. The van der Waals surface area contributed by atoms with Crippen LogP contribution >= 0.6 is 23.2 Å². The highest BCUT2D eigenvalue weighted by molar-refractivity contribution is 6.31. The van der Waals surface area contributed by atoms with Crippen molar-refractivity contribution >= 4 is 40.8 Å². The summed E-state index contributed by atoms with van der Waals surface area (Å²) in [5, 5.41) is 11.1. The van der Waals surface area contributed by atoms with Gasteiger partial charge in [0.1, 0.15) is 0 Å². The van der Waals surface area contributed by atoms with Crippen molar-refractivity contribution in [2.24, 2.45) is 16.1 Å². The van der Waals surface area contributed by atoms with E-state index in [9.17, 15) is 4.79 Å². The minimum absolute atomic E-state index is 0.116. The second kappa shape index (κ2) is 7.25. The van der Waals surface area contributed by atoms with Gasteiger partial charge < -0.3 is 0 Å². The first-order chi connectivity index (χ1) is 12.0. The van der Waals surface area contributed by atoms with E-state index in [0.717, 1.165) is 11.1 Å². The zero-order valence-electron chi connectivity index (χ0n) is 13.7. The van der Waals surface area contributed by atoms with Crippen LogP contribution in [0.3, 0.4) is 0 Å². The zero-order chi connectivity index (χ0) is 18.0. The molecule has 25 heavy (non-hydrogen) atoms. The van der Waals surface area contributed by atoms with E-state index in [1.807, 2.05) is 26.0 Å². The molecule has 1 N–H and O–H groups in total. The Morgan fingerprint density at radius 3 is 1.96 bits per heavy atom. The molecule has 128 valence electrons. The topological polar surface area (TPSA) is 57.1 Å². The quantitative estimate of drug-likeness (QED) is 0.878. The van der Waals surface area contributed by atoms with Crippen molar-refractivity contribution in [1.29, 1.82) is 0 Å². The van der Waals surface area contributed by atoms with Crippen LogP contribution in [0.1, 0.15) is 25.0 Å². The van der Waals surface area contributed by atoms with Crippen molar-refractivity contribution < 1.29 is 4.79 Å². The number of nitrogens with zero attached hydrogens (tertiary/aromatic N) is 3. The number of carbonyl (C=O) groups excluding carboxylic acids is 1. The molecular weight excluding hydrogens is 359 g/mol. The predicted octanol–water partition coefficient (Wildman–Crippen LogP) is 4.10. The third kappa shape index (κ3) is 3.83. The zero-order valence-corrected chi connectivity index (χ0v) is 15.2. The number of hydrogen-bond acceptors (Lipinski definition) is 4. The van der Waals surface area contributed by atoms with E-state index in [2.05, 4.69) is 15.6 Å². The fourth-order valence-corrected chi connectivity index (χ4v) is 2.51. The number of rotatable bonds is 3. The summed E-state index contributed by atoms with van der Waals surface area (Å²) in [7, 11) is 0. The lowest BCUT2D eigenvalue weighted by Crippen LogP contribution is -2.53. The van der Waals surface area contributed by atoms with Gasteiger partial charge in [0, 0.05) is 27.1 Å². The van der Waals surface area contributed by atoms with Crippen LogP contribution in [0.25, 0.3) is 0 Å². The molecule has 0 spiro atoms. The predicted molar refractivity (Wildman–Crippen MR) is 101 cm³/mol. The van der Waals surface area contributed by atoms with E-state index in [0.29, 0.717) is 21.7 Å². The SMILES string of the molecule is CC(C)C(=O)N1NC(c2ccc(Cl)cc2)=NN=C1c1ccc(Cl)cc1. The summed E-state index contributed by atoms with van der Waals surface area (Å²) in [6.07, 6.45) is 0. The molecule has 2 aromatic carbocycles. The summed E-state index contributed by atoms with van der Waals surface area (Å²) in [5.41, 5.74) is 4.58. The number of amides is 1. The smallest absolute Gasteiger partial charge is 0.249 e. The van der Waals surface area contributed by atoms with Crippen molar-refractivity contribution in [1.82, 2.24) is 10.4 Å². The van der Waals surface area contributed by atoms with Crippen LogP contribution in [-0.4, -0.2) is 22.6 Å². The summed E-state index contributed by atoms with van der Waals surface area (Å²) in [5.74, 6) is 0.570. The number of halogens is 2. The molecule has 0 atom stereocenters. The first kappa shape index (κ1) is 17.5. The average molecular weight is 375 g/mol. The van der Waals surface area contributed by atoms with Crippen LogP contribution in [0.2, 0.25) is 10.0 Å². The molecule has 0 radical (unpaired) electrons. The number of hydrogen-bond donors (Lipinski definition) is 1. The molecule has 2 aromatic rings. The summed E-state index contributed by atoms with van der Waals surface area (Å²) in [6, 6.07) is 14.2. The molecule has 1 heterocycles. The number of carbonyl (C=O) groups is 1. The molecule has 0 aliphatic carbocycles. The van der Waals surface area contributed by atoms with Crippen LogP contribution in [0.5, 0.6) is 0 Å². The van der Waals surface area contributed by atoms with Gasteiger partial charge in [-0.25, -0.2) is 5.01 Å². The second-order valence-corrected chi connectivity index (χ2v) is 6.70. The fourth-order valence-electron chi connectivity index (χ4n) is 2.26. The molecule has 0 unspecified atom stereocenters. The Hall–Kier alpha value is -2.37. The lowest BCUT2D eigenvalue weighted by molar-refractivity contribution is -0.131. The lowest BCUT2D eigenvalue weighted by atomic mass is 10.1. The van der Waals surface area contributed by atoms with Crippen LogP contribution in [-0.2, 0) is 4.79 Å². The first-order valence-corrected chi connectivity index (χ1v) is 8.49. The Morgan fingerprint density at radius 1 is 0.920 bits per heavy atom. The van der Waals surface area contributed by atoms with E-state index >= 15 is 0 Å². The Bertz CT molecular complexity index is 842. The third-order valence-electron chi connectivity index (χ3n) is 3.61. The lowest BCUT2D eigenvalue weighted by Gasteiger charge is -2.29. The molecule has 3 rings (SSSR count). The second-order valence-electron chi connectivity index (χ2n) is 5.83. The van der Waals surface area contributed by atoms with Gasteiger partial charge in [-0.2, -0.15) is 0 Å². The highest BCUT2D eigenvalue weighted by atomic mass is 35.5. The molecule has 0 saturated heterocycles. The van der Waals surface area contributed by atoms with Crippen molar-refractivity contribution in [2.75, 3.05) is 0 Å². The molecule has 1 amide bonds. The number of nitrogens with one attached hydrogen (secondary N) is 1. The monoisotopic (exact) mass is 374 g/mol. The van der Waals surface area contributed by atoms with Gasteiger partial charge in [0.25, 0.3) is 0 Å². The van der Waals surface area contributed by atoms with E-state index in [-0.39, 0.29) is 11.8 Å². The number of benzene rings is 2. The molecule has 0 saturated carbocycles. The molecule has 5 nitrogen and oxygen atoms in total. The molecule has 0 aromatic heterocycles. The Balaban J connectivity index is 2.01. The van der Waals surface area contributed by atoms with Gasteiger partial charge >= 0.3 is 0 Å². The highest BCUT2D eigenvalue weighted by Crippen LogP contribution is 2.17. The fraction of sp³-hybridized carbons (Fsp3) is 0.167. The van der Waals surface area contributed by atoms with Gasteiger partial charge in [-0.3, -0.25) is 10.2 Å². The van der Waals surface area contributed by atoms with E-state index in [1.54, 1.807) is 36.4 Å². The minimum atomic E-state index is -0.213. The summed E-state index contributed by atoms with van der Waals surface area (Å²) in [4.78, 5) is 12.7. The summed E-state index contributed by atoms with van der Waals surface area (Å²) < 4.78 is 0. The van der Waals surface area contributed by atoms with Gasteiger partial charge in [0.05, 0.1) is 0 Å². The highest BCUT2D eigenvalue weighted by Gasteiger charge is 2.28. The average Bonchev–Trinajstić information content (AvgIpc) is 2.62.